The number of rotatable bonds is 9. The summed E-state index contributed by atoms with van der Waals surface area (Å²) < 4.78 is 18.4. The average molecular weight is 469 g/mol. The molecule has 0 atom stereocenters. The van der Waals surface area contributed by atoms with Gasteiger partial charge in [0.1, 0.15) is 17.2 Å². The molecule has 0 aliphatic heterocycles. The van der Waals surface area contributed by atoms with Gasteiger partial charge in [0, 0.05) is 18.7 Å². The number of aromatic nitrogens is 3. The maximum Gasteiger partial charge on any atom is 0.234 e. The van der Waals surface area contributed by atoms with Crippen molar-refractivity contribution in [1.29, 1.82) is 0 Å². The standard InChI is InChI=1S/C24H28N4O4S/c1-28-23(16-8-10-18(11-9-16)32-17-6-4-5-7-17)26-27-24(28)33-15-22(29)25-20-13-12-19(30-2)14-21(20)31-3/h8-14,17H,4-7,15H2,1-3H3,(H,25,29). The van der Waals surface area contributed by atoms with Crippen molar-refractivity contribution in [3.63, 3.8) is 0 Å². The lowest BCUT2D eigenvalue weighted by molar-refractivity contribution is -0.113. The van der Waals surface area contributed by atoms with E-state index in [1.54, 1.807) is 32.4 Å². The second-order valence-electron chi connectivity index (χ2n) is 7.82. The molecular formula is C24H28N4O4S. The fourth-order valence-corrected chi connectivity index (χ4v) is 4.50. The summed E-state index contributed by atoms with van der Waals surface area (Å²) in [4.78, 5) is 12.5. The van der Waals surface area contributed by atoms with E-state index in [4.69, 9.17) is 14.2 Å². The predicted octanol–water partition coefficient (Wildman–Crippen LogP) is 4.55. The minimum atomic E-state index is -0.165. The van der Waals surface area contributed by atoms with E-state index in [2.05, 4.69) is 15.5 Å². The fraction of sp³-hybridized carbons (Fsp3) is 0.375. The van der Waals surface area contributed by atoms with Crippen molar-refractivity contribution in [3.8, 4) is 28.6 Å². The van der Waals surface area contributed by atoms with Gasteiger partial charge in [0.05, 0.1) is 31.8 Å². The van der Waals surface area contributed by atoms with Crippen LogP contribution in [0.2, 0.25) is 0 Å². The molecule has 1 amide bonds. The molecule has 1 fully saturated rings. The highest BCUT2D eigenvalue weighted by Crippen LogP contribution is 2.30. The fourth-order valence-electron chi connectivity index (χ4n) is 3.79. The van der Waals surface area contributed by atoms with Crippen molar-refractivity contribution in [2.24, 2.45) is 7.05 Å². The smallest absolute Gasteiger partial charge is 0.234 e. The predicted molar refractivity (Wildman–Crippen MR) is 128 cm³/mol. The maximum atomic E-state index is 12.5. The van der Waals surface area contributed by atoms with Crippen molar-refractivity contribution in [3.05, 3.63) is 42.5 Å². The summed E-state index contributed by atoms with van der Waals surface area (Å²) in [6, 6.07) is 13.2. The minimum Gasteiger partial charge on any atom is -0.497 e. The zero-order chi connectivity index (χ0) is 23.2. The Labute approximate surface area is 197 Å². The van der Waals surface area contributed by atoms with Gasteiger partial charge >= 0.3 is 0 Å². The summed E-state index contributed by atoms with van der Waals surface area (Å²) in [6.45, 7) is 0. The van der Waals surface area contributed by atoms with Gasteiger partial charge in [-0.25, -0.2) is 0 Å². The number of carbonyl (C=O) groups is 1. The molecule has 1 heterocycles. The molecule has 1 saturated carbocycles. The SMILES string of the molecule is COc1ccc(NC(=O)CSc2nnc(-c3ccc(OC4CCCC4)cc3)n2C)c(OC)c1. The van der Waals surface area contributed by atoms with Crippen LogP contribution in [0, 0.1) is 0 Å². The zero-order valence-corrected chi connectivity index (χ0v) is 19.9. The largest absolute Gasteiger partial charge is 0.497 e. The third-order valence-corrected chi connectivity index (χ3v) is 6.59. The third kappa shape index (κ3) is 5.60. The van der Waals surface area contributed by atoms with Gasteiger partial charge in [-0.1, -0.05) is 11.8 Å². The van der Waals surface area contributed by atoms with Crippen LogP contribution in [0.15, 0.2) is 47.6 Å². The van der Waals surface area contributed by atoms with Crippen molar-refractivity contribution in [1.82, 2.24) is 14.8 Å². The molecule has 0 radical (unpaired) electrons. The second kappa shape index (κ2) is 10.6. The van der Waals surface area contributed by atoms with Crippen LogP contribution in [-0.4, -0.2) is 46.7 Å². The van der Waals surface area contributed by atoms with Gasteiger partial charge in [-0.05, 0) is 62.1 Å². The highest BCUT2D eigenvalue weighted by atomic mass is 32.2. The number of hydrogen-bond donors (Lipinski definition) is 1. The maximum absolute atomic E-state index is 12.5. The van der Waals surface area contributed by atoms with Gasteiger partial charge in [0.15, 0.2) is 11.0 Å². The lowest BCUT2D eigenvalue weighted by Gasteiger charge is -2.13. The molecule has 0 saturated heterocycles. The summed E-state index contributed by atoms with van der Waals surface area (Å²) in [5.41, 5.74) is 1.53. The normalized spacial score (nSPS) is 13.7. The monoisotopic (exact) mass is 468 g/mol. The second-order valence-corrected chi connectivity index (χ2v) is 8.76. The first-order valence-corrected chi connectivity index (χ1v) is 11.9. The Morgan fingerprint density at radius 1 is 1.06 bits per heavy atom. The Hall–Kier alpha value is -3.20. The lowest BCUT2D eigenvalue weighted by Crippen LogP contribution is -2.15. The number of ether oxygens (including phenoxy) is 3. The first-order valence-electron chi connectivity index (χ1n) is 10.9. The molecule has 174 valence electrons. The number of nitrogens with one attached hydrogen (secondary N) is 1. The van der Waals surface area contributed by atoms with E-state index in [0.29, 0.717) is 28.4 Å². The summed E-state index contributed by atoms with van der Waals surface area (Å²) in [5.74, 6) is 2.84. The van der Waals surface area contributed by atoms with Gasteiger partial charge in [0.2, 0.25) is 5.91 Å². The Kier molecular flexibility index (Phi) is 7.39. The molecule has 0 unspecified atom stereocenters. The highest BCUT2D eigenvalue weighted by Gasteiger charge is 2.17. The summed E-state index contributed by atoms with van der Waals surface area (Å²) in [5, 5.41) is 12.1. The Balaban J connectivity index is 1.35. The molecule has 1 aromatic heterocycles. The highest BCUT2D eigenvalue weighted by molar-refractivity contribution is 7.99. The van der Waals surface area contributed by atoms with Gasteiger partial charge < -0.3 is 24.1 Å². The van der Waals surface area contributed by atoms with E-state index >= 15 is 0 Å². The van der Waals surface area contributed by atoms with Crippen molar-refractivity contribution in [2.45, 2.75) is 36.9 Å². The van der Waals surface area contributed by atoms with Gasteiger partial charge in [0.25, 0.3) is 0 Å². The molecule has 4 rings (SSSR count). The Bertz CT molecular complexity index is 1090. The number of nitrogens with zero attached hydrogens (tertiary/aromatic N) is 3. The summed E-state index contributed by atoms with van der Waals surface area (Å²) >= 11 is 1.32. The van der Waals surface area contributed by atoms with Crippen LogP contribution in [0.4, 0.5) is 5.69 Å². The Morgan fingerprint density at radius 3 is 2.48 bits per heavy atom. The van der Waals surface area contributed by atoms with Crippen LogP contribution >= 0.6 is 11.8 Å². The van der Waals surface area contributed by atoms with Gasteiger partial charge in [-0.2, -0.15) is 0 Å². The quantitative estimate of drug-likeness (QED) is 0.461. The number of methoxy groups -OCH3 is 2. The topological polar surface area (TPSA) is 87.5 Å². The van der Waals surface area contributed by atoms with Gasteiger partial charge in [-0.3, -0.25) is 4.79 Å². The van der Waals surface area contributed by atoms with Crippen molar-refractivity contribution >= 4 is 23.4 Å². The van der Waals surface area contributed by atoms with Crippen LogP contribution < -0.4 is 19.5 Å². The van der Waals surface area contributed by atoms with Crippen molar-refractivity contribution in [2.75, 3.05) is 25.3 Å². The number of anilines is 1. The lowest BCUT2D eigenvalue weighted by atomic mass is 10.2. The molecule has 1 aliphatic carbocycles. The number of carbonyl (C=O) groups excluding carboxylic acids is 1. The molecule has 0 spiro atoms. The first-order chi connectivity index (χ1) is 16.1. The van der Waals surface area contributed by atoms with Gasteiger partial charge in [-0.15, -0.1) is 10.2 Å². The average Bonchev–Trinajstić information content (AvgIpc) is 3.48. The molecule has 8 nitrogen and oxygen atoms in total. The molecule has 3 aromatic rings. The molecule has 33 heavy (non-hydrogen) atoms. The van der Waals surface area contributed by atoms with Crippen LogP contribution in [0.1, 0.15) is 25.7 Å². The van der Waals surface area contributed by atoms with E-state index in [1.807, 2.05) is 35.9 Å². The molecule has 2 aromatic carbocycles. The molecule has 0 bridgehead atoms. The van der Waals surface area contributed by atoms with E-state index in [1.165, 1.54) is 24.6 Å². The van der Waals surface area contributed by atoms with E-state index in [-0.39, 0.29) is 11.7 Å². The molecule has 1 N–H and O–H groups in total. The molecule has 1 aliphatic rings. The number of hydrogen-bond acceptors (Lipinski definition) is 7. The minimum absolute atomic E-state index is 0.165. The van der Waals surface area contributed by atoms with Crippen LogP contribution in [0.5, 0.6) is 17.2 Å². The van der Waals surface area contributed by atoms with Crippen molar-refractivity contribution < 1.29 is 19.0 Å². The number of amides is 1. The van der Waals surface area contributed by atoms with Crippen LogP contribution in [-0.2, 0) is 11.8 Å². The zero-order valence-electron chi connectivity index (χ0n) is 19.0. The van der Waals surface area contributed by atoms with Crippen LogP contribution in [0.3, 0.4) is 0 Å². The van der Waals surface area contributed by atoms with Crippen LogP contribution in [0.25, 0.3) is 11.4 Å². The molecular weight excluding hydrogens is 440 g/mol. The summed E-state index contributed by atoms with van der Waals surface area (Å²) in [7, 11) is 5.02. The first kappa shape index (κ1) is 23.0. The number of thioether (sulfide) groups is 1. The Morgan fingerprint density at radius 2 is 1.79 bits per heavy atom. The van der Waals surface area contributed by atoms with E-state index in [9.17, 15) is 4.79 Å². The third-order valence-electron chi connectivity index (χ3n) is 5.57. The number of benzene rings is 2. The van der Waals surface area contributed by atoms with E-state index in [0.717, 1.165) is 30.0 Å². The molecule has 9 heteroatoms. The van der Waals surface area contributed by atoms with E-state index < -0.39 is 0 Å². The summed E-state index contributed by atoms with van der Waals surface area (Å²) in [6.07, 6.45) is 5.08.